The van der Waals surface area contributed by atoms with E-state index in [9.17, 15) is 14.7 Å². The molecule has 0 bridgehead atoms. The van der Waals surface area contributed by atoms with Crippen LogP contribution >= 0.6 is 11.3 Å². The lowest BCUT2D eigenvalue weighted by Gasteiger charge is -2.33. The van der Waals surface area contributed by atoms with E-state index in [2.05, 4.69) is 0 Å². The van der Waals surface area contributed by atoms with Gasteiger partial charge in [0.2, 0.25) is 0 Å². The normalized spacial score (nSPS) is 17.4. The predicted molar refractivity (Wildman–Crippen MR) is 105 cm³/mol. The van der Waals surface area contributed by atoms with Crippen molar-refractivity contribution < 1.29 is 19.4 Å². The zero-order valence-electron chi connectivity index (χ0n) is 15.7. The van der Waals surface area contributed by atoms with Crippen LogP contribution in [0.1, 0.15) is 53.2 Å². The van der Waals surface area contributed by atoms with Gasteiger partial charge in [0.1, 0.15) is 16.6 Å². The van der Waals surface area contributed by atoms with Crippen molar-refractivity contribution in [3.63, 3.8) is 0 Å². The van der Waals surface area contributed by atoms with Gasteiger partial charge in [0.25, 0.3) is 0 Å². The van der Waals surface area contributed by atoms with Crippen molar-refractivity contribution in [1.29, 1.82) is 0 Å². The molecule has 0 radical (unpaired) electrons. The number of rotatable bonds is 4. The number of carbonyl (C=O) groups is 2. The highest BCUT2D eigenvalue weighted by Crippen LogP contribution is 2.42. The molecule has 0 fully saturated rings. The van der Waals surface area contributed by atoms with Gasteiger partial charge in [-0.3, -0.25) is 9.69 Å². The van der Waals surface area contributed by atoms with Gasteiger partial charge in [-0.25, -0.2) is 4.79 Å². The third kappa shape index (κ3) is 4.14. The molecule has 1 atom stereocenters. The van der Waals surface area contributed by atoms with E-state index in [0.29, 0.717) is 40.5 Å². The third-order valence-electron chi connectivity index (χ3n) is 4.39. The lowest BCUT2D eigenvalue weighted by Crippen LogP contribution is -2.39. The van der Waals surface area contributed by atoms with Gasteiger partial charge in [-0.2, -0.15) is 0 Å². The number of nitrogens with two attached hydrogens (primary N) is 1. The summed E-state index contributed by atoms with van der Waals surface area (Å²) in [7, 11) is 0. The second-order valence-corrected chi connectivity index (χ2v) is 8.72. The lowest BCUT2D eigenvalue weighted by molar-refractivity contribution is -0.144. The second kappa shape index (κ2) is 7.32. The molecule has 3 N–H and O–H groups in total. The lowest BCUT2D eigenvalue weighted by atomic mass is 9.96. The zero-order valence-corrected chi connectivity index (χ0v) is 16.5. The van der Waals surface area contributed by atoms with Gasteiger partial charge in [0.05, 0.1) is 5.56 Å². The van der Waals surface area contributed by atoms with Gasteiger partial charge in [0.15, 0.2) is 0 Å². The molecule has 0 aliphatic carbocycles. The Kier molecular flexibility index (Phi) is 5.26. The first-order chi connectivity index (χ1) is 12.7. The fourth-order valence-electron chi connectivity index (χ4n) is 3.33. The van der Waals surface area contributed by atoms with Crippen LogP contribution in [0.2, 0.25) is 0 Å². The van der Waals surface area contributed by atoms with Crippen LogP contribution in [0.4, 0.5) is 5.00 Å². The van der Waals surface area contributed by atoms with Gasteiger partial charge >= 0.3 is 11.9 Å². The standard InChI is InChI=1S/C20H24N2O4S/c1-20(2,3)26-19(25)14-13-9-10-22(11-12-7-5-4-6-8-12)15(18(23)24)16(13)27-17(14)21/h4-8,15H,9-11,21H2,1-3H3,(H,23,24). The number of hydrogen-bond acceptors (Lipinski definition) is 6. The van der Waals surface area contributed by atoms with Gasteiger partial charge in [-0.1, -0.05) is 30.3 Å². The number of hydrogen-bond donors (Lipinski definition) is 2. The number of nitrogen functional groups attached to an aromatic ring is 1. The summed E-state index contributed by atoms with van der Waals surface area (Å²) in [6.45, 7) is 6.44. The molecule has 1 aromatic heterocycles. The van der Waals surface area contributed by atoms with E-state index in [1.807, 2.05) is 35.2 Å². The molecule has 0 spiro atoms. The fourth-order valence-corrected chi connectivity index (χ4v) is 4.57. The SMILES string of the molecule is CC(C)(C)OC(=O)c1c(N)sc2c1CCN(Cc1ccccc1)C2C(=O)O. The highest BCUT2D eigenvalue weighted by molar-refractivity contribution is 7.16. The summed E-state index contributed by atoms with van der Waals surface area (Å²) in [5, 5.41) is 10.2. The molecule has 6 nitrogen and oxygen atoms in total. The molecule has 0 saturated carbocycles. The Labute approximate surface area is 162 Å². The van der Waals surface area contributed by atoms with Crippen LogP contribution < -0.4 is 5.73 Å². The summed E-state index contributed by atoms with van der Waals surface area (Å²) in [4.78, 5) is 27.2. The highest BCUT2D eigenvalue weighted by atomic mass is 32.1. The topological polar surface area (TPSA) is 92.9 Å². The molecule has 27 heavy (non-hydrogen) atoms. The minimum atomic E-state index is -0.941. The van der Waals surface area contributed by atoms with Crippen LogP contribution in [0.15, 0.2) is 30.3 Å². The number of benzene rings is 1. The Balaban J connectivity index is 1.95. The van der Waals surface area contributed by atoms with E-state index in [1.54, 1.807) is 20.8 Å². The van der Waals surface area contributed by atoms with Crippen molar-refractivity contribution in [3.8, 4) is 0 Å². The molecule has 2 heterocycles. The van der Waals surface area contributed by atoms with Crippen LogP contribution in [0.25, 0.3) is 0 Å². The molecule has 0 saturated heterocycles. The molecule has 2 aromatic rings. The molecule has 1 aliphatic heterocycles. The maximum atomic E-state index is 12.6. The molecule has 1 aliphatic rings. The number of aliphatic carboxylic acids is 1. The molecule has 7 heteroatoms. The molecule has 3 rings (SSSR count). The average molecular weight is 388 g/mol. The third-order valence-corrected chi connectivity index (χ3v) is 5.51. The maximum Gasteiger partial charge on any atom is 0.341 e. The highest BCUT2D eigenvalue weighted by Gasteiger charge is 2.39. The molecule has 1 unspecified atom stereocenters. The van der Waals surface area contributed by atoms with E-state index in [4.69, 9.17) is 10.5 Å². The Morgan fingerprint density at radius 1 is 1.30 bits per heavy atom. The summed E-state index contributed by atoms with van der Waals surface area (Å²) in [6, 6.07) is 8.93. The molecular formula is C20H24N2O4S. The summed E-state index contributed by atoms with van der Waals surface area (Å²) in [6.07, 6.45) is 0.564. The quantitative estimate of drug-likeness (QED) is 0.779. The number of thiophene rings is 1. The van der Waals surface area contributed by atoms with Crippen molar-refractivity contribution in [2.75, 3.05) is 12.3 Å². The summed E-state index contributed by atoms with van der Waals surface area (Å²) in [5.41, 5.74) is 7.55. The van der Waals surface area contributed by atoms with Crippen molar-refractivity contribution in [1.82, 2.24) is 4.90 Å². The monoisotopic (exact) mass is 388 g/mol. The van der Waals surface area contributed by atoms with Gasteiger partial charge < -0.3 is 15.6 Å². The Hall–Kier alpha value is -2.38. The van der Waals surface area contributed by atoms with Gasteiger partial charge in [-0.15, -0.1) is 11.3 Å². The number of nitrogens with zero attached hydrogens (tertiary/aromatic N) is 1. The van der Waals surface area contributed by atoms with Crippen LogP contribution in [0, 0.1) is 0 Å². The van der Waals surface area contributed by atoms with Gasteiger partial charge in [-0.05, 0) is 38.3 Å². The predicted octanol–water partition coefficient (Wildman–Crippen LogP) is 3.47. The number of carboxylic acid groups (broad SMARTS) is 1. The minimum Gasteiger partial charge on any atom is -0.480 e. The molecule has 0 amide bonds. The smallest absolute Gasteiger partial charge is 0.341 e. The average Bonchev–Trinajstić information content (AvgIpc) is 2.89. The first-order valence-electron chi connectivity index (χ1n) is 8.82. The first-order valence-corrected chi connectivity index (χ1v) is 9.64. The van der Waals surface area contributed by atoms with Crippen LogP contribution in [0.3, 0.4) is 0 Å². The fraction of sp³-hybridized carbons (Fsp3) is 0.400. The second-order valence-electron chi connectivity index (χ2n) is 7.63. The minimum absolute atomic E-state index is 0.321. The summed E-state index contributed by atoms with van der Waals surface area (Å²) >= 11 is 1.18. The molecule has 1 aromatic carbocycles. The van der Waals surface area contributed by atoms with E-state index >= 15 is 0 Å². The first kappa shape index (κ1) is 19.4. The number of esters is 1. The van der Waals surface area contributed by atoms with Crippen LogP contribution in [0.5, 0.6) is 0 Å². The van der Waals surface area contributed by atoms with E-state index in [1.165, 1.54) is 11.3 Å². The van der Waals surface area contributed by atoms with Crippen molar-refractivity contribution in [3.05, 3.63) is 51.9 Å². The van der Waals surface area contributed by atoms with Gasteiger partial charge in [0, 0.05) is 18.0 Å². The number of anilines is 1. The van der Waals surface area contributed by atoms with E-state index < -0.39 is 23.6 Å². The summed E-state index contributed by atoms with van der Waals surface area (Å²) in [5.74, 6) is -1.43. The zero-order chi connectivity index (χ0) is 19.8. The Morgan fingerprint density at radius 3 is 2.56 bits per heavy atom. The maximum absolute atomic E-state index is 12.6. The largest absolute Gasteiger partial charge is 0.480 e. The number of fused-ring (bicyclic) bond motifs is 1. The van der Waals surface area contributed by atoms with Crippen LogP contribution in [-0.2, 0) is 22.5 Å². The Morgan fingerprint density at radius 2 is 1.96 bits per heavy atom. The molecule has 144 valence electrons. The molecular weight excluding hydrogens is 364 g/mol. The van der Waals surface area contributed by atoms with E-state index in [-0.39, 0.29) is 0 Å². The number of ether oxygens (including phenoxy) is 1. The number of carbonyl (C=O) groups excluding carboxylic acids is 1. The van der Waals surface area contributed by atoms with E-state index in [0.717, 1.165) is 5.56 Å². The van der Waals surface area contributed by atoms with Crippen LogP contribution in [-0.4, -0.2) is 34.1 Å². The Bertz CT molecular complexity index is 855. The summed E-state index contributed by atoms with van der Waals surface area (Å²) < 4.78 is 5.47. The van der Waals surface area contributed by atoms with Crippen molar-refractivity contribution in [2.24, 2.45) is 0 Å². The number of carboxylic acids is 1. The van der Waals surface area contributed by atoms with Crippen molar-refractivity contribution >= 4 is 28.3 Å². The van der Waals surface area contributed by atoms with Crippen molar-refractivity contribution in [2.45, 2.75) is 45.4 Å².